The lowest BCUT2D eigenvalue weighted by Gasteiger charge is -2.29. The molecule has 0 spiro atoms. The number of aryl methyl sites for hydroxylation is 2. The molecule has 39 heavy (non-hydrogen) atoms. The molecule has 0 aliphatic heterocycles. The quantitative estimate of drug-likeness (QED) is 0.315. The lowest BCUT2D eigenvalue weighted by atomic mass is 10.1. The van der Waals surface area contributed by atoms with Gasteiger partial charge in [-0.25, -0.2) is 9.78 Å². The van der Waals surface area contributed by atoms with Crippen molar-refractivity contribution in [2.75, 3.05) is 20.6 Å². The van der Waals surface area contributed by atoms with Gasteiger partial charge in [0.1, 0.15) is 17.1 Å². The number of aromatic nitrogens is 1. The molecule has 0 radical (unpaired) electrons. The molecule has 0 saturated carbocycles. The Balaban J connectivity index is 1.75. The maximum atomic E-state index is 12.6. The lowest BCUT2D eigenvalue weighted by Crippen LogP contribution is -2.43. The largest absolute Gasteiger partial charge is 0.476 e. The van der Waals surface area contributed by atoms with Gasteiger partial charge in [-0.2, -0.15) is 0 Å². The molecule has 0 aliphatic rings. The minimum Gasteiger partial charge on any atom is -0.476 e. The van der Waals surface area contributed by atoms with Crippen molar-refractivity contribution in [2.45, 2.75) is 72.8 Å². The number of carbonyl (C=O) groups is 2. The number of hydrogen-bond donors (Lipinski definition) is 0. The summed E-state index contributed by atoms with van der Waals surface area (Å²) in [6, 6.07) is 15.5. The van der Waals surface area contributed by atoms with Crippen LogP contribution < -0.4 is 4.74 Å². The van der Waals surface area contributed by atoms with Gasteiger partial charge >= 0.3 is 5.97 Å². The molecule has 0 atom stereocenters. The van der Waals surface area contributed by atoms with Crippen LogP contribution in [0.25, 0.3) is 11.5 Å². The number of amides is 1. The van der Waals surface area contributed by atoms with Crippen LogP contribution in [0.4, 0.5) is 0 Å². The third-order valence-electron chi connectivity index (χ3n) is 5.98. The van der Waals surface area contributed by atoms with Crippen LogP contribution in [0, 0.1) is 13.8 Å². The summed E-state index contributed by atoms with van der Waals surface area (Å²) in [5.41, 5.74) is 2.09. The molecule has 0 aliphatic carbocycles. The highest BCUT2D eigenvalue weighted by Crippen LogP contribution is 2.25. The summed E-state index contributed by atoms with van der Waals surface area (Å²) >= 11 is 0. The highest BCUT2D eigenvalue weighted by Gasteiger charge is 2.34. The summed E-state index contributed by atoms with van der Waals surface area (Å²) in [6.07, 6.45) is 0. The predicted molar refractivity (Wildman–Crippen MR) is 151 cm³/mol. The molecular formula is C31H41N3O5. The molecule has 0 bridgehead atoms. The van der Waals surface area contributed by atoms with Gasteiger partial charge < -0.3 is 18.8 Å². The molecule has 3 aromatic rings. The molecule has 1 aromatic heterocycles. The summed E-state index contributed by atoms with van der Waals surface area (Å²) in [7, 11) is 3.49. The monoisotopic (exact) mass is 535 g/mol. The Bertz CT molecular complexity index is 1290. The number of nitrogens with zero attached hydrogens (tertiary/aromatic N) is 3. The van der Waals surface area contributed by atoms with Crippen molar-refractivity contribution in [3.8, 4) is 17.2 Å². The van der Waals surface area contributed by atoms with Crippen LogP contribution >= 0.6 is 0 Å². The van der Waals surface area contributed by atoms with Crippen molar-refractivity contribution in [3.05, 3.63) is 71.1 Å². The van der Waals surface area contributed by atoms with Gasteiger partial charge in [0.15, 0.2) is 5.60 Å². The van der Waals surface area contributed by atoms with Gasteiger partial charge in [-0.05, 0) is 78.3 Å². The summed E-state index contributed by atoms with van der Waals surface area (Å²) in [6.45, 7) is 14.0. The number of esters is 1. The first-order valence-corrected chi connectivity index (χ1v) is 13.1. The molecule has 8 nitrogen and oxygen atoms in total. The molecular weight excluding hydrogens is 494 g/mol. The number of likely N-dealkylation sites (N-methyl/N-ethyl adjacent to an activating group) is 1. The van der Waals surface area contributed by atoms with E-state index in [0.29, 0.717) is 24.7 Å². The van der Waals surface area contributed by atoms with Gasteiger partial charge in [0.2, 0.25) is 11.8 Å². The first-order valence-electron chi connectivity index (χ1n) is 13.1. The number of benzene rings is 2. The van der Waals surface area contributed by atoms with E-state index in [4.69, 9.17) is 18.9 Å². The second-order valence-electron chi connectivity index (χ2n) is 11.6. The average Bonchev–Trinajstić information content (AvgIpc) is 3.19. The van der Waals surface area contributed by atoms with Crippen LogP contribution in [0.15, 0.2) is 52.9 Å². The smallest absolute Gasteiger partial charge is 0.350 e. The standard InChI is InChI=1S/C31H41N3O5/c1-21-11-10-12-24(17-21)28-32-26(22(2)37-28)19-34(20-27(35)33(8)9)18-23-13-15-25(16-14-23)38-31(6,7)29(36)39-30(3,4)5/h10-17H,18-20H2,1-9H3. The Morgan fingerprint density at radius 1 is 0.949 bits per heavy atom. The van der Waals surface area contributed by atoms with E-state index in [1.807, 2.05) is 88.0 Å². The molecule has 0 saturated heterocycles. The second-order valence-corrected chi connectivity index (χ2v) is 11.6. The normalized spacial score (nSPS) is 11.9. The number of ether oxygens (including phenoxy) is 2. The Labute approximate surface area is 231 Å². The Kier molecular flexibility index (Phi) is 9.22. The summed E-state index contributed by atoms with van der Waals surface area (Å²) < 4.78 is 17.4. The van der Waals surface area contributed by atoms with E-state index in [9.17, 15) is 9.59 Å². The number of carbonyl (C=O) groups excluding carboxylic acids is 2. The maximum Gasteiger partial charge on any atom is 0.350 e. The third kappa shape index (κ3) is 8.68. The topological polar surface area (TPSA) is 85.1 Å². The van der Waals surface area contributed by atoms with E-state index < -0.39 is 17.2 Å². The fourth-order valence-corrected chi connectivity index (χ4v) is 3.85. The van der Waals surface area contributed by atoms with Crippen LogP contribution in [-0.4, -0.2) is 58.5 Å². The zero-order chi connectivity index (χ0) is 29.0. The summed E-state index contributed by atoms with van der Waals surface area (Å²) in [5.74, 6) is 1.41. The fraction of sp³-hybridized carbons (Fsp3) is 0.452. The maximum absolute atomic E-state index is 12.6. The van der Waals surface area contributed by atoms with Crippen molar-refractivity contribution >= 4 is 11.9 Å². The molecule has 0 N–H and O–H groups in total. The van der Waals surface area contributed by atoms with E-state index >= 15 is 0 Å². The summed E-state index contributed by atoms with van der Waals surface area (Å²) in [4.78, 5) is 33.6. The van der Waals surface area contributed by atoms with Crippen molar-refractivity contribution < 1.29 is 23.5 Å². The van der Waals surface area contributed by atoms with Crippen LogP contribution in [0.5, 0.6) is 5.75 Å². The molecule has 2 aromatic carbocycles. The van der Waals surface area contributed by atoms with Gasteiger partial charge in [-0.15, -0.1) is 0 Å². The van der Waals surface area contributed by atoms with Crippen LogP contribution in [0.2, 0.25) is 0 Å². The average molecular weight is 536 g/mol. The Morgan fingerprint density at radius 3 is 2.21 bits per heavy atom. The highest BCUT2D eigenvalue weighted by atomic mass is 16.6. The Morgan fingerprint density at radius 2 is 1.62 bits per heavy atom. The fourth-order valence-electron chi connectivity index (χ4n) is 3.85. The summed E-state index contributed by atoms with van der Waals surface area (Å²) in [5, 5.41) is 0. The molecule has 1 amide bonds. The molecule has 0 fully saturated rings. The first-order chi connectivity index (χ1) is 18.1. The van der Waals surface area contributed by atoms with E-state index in [0.717, 1.165) is 28.1 Å². The zero-order valence-electron chi connectivity index (χ0n) is 24.6. The van der Waals surface area contributed by atoms with Crippen LogP contribution in [0.3, 0.4) is 0 Å². The lowest BCUT2D eigenvalue weighted by molar-refractivity contribution is -0.170. The molecule has 1 heterocycles. The van der Waals surface area contributed by atoms with Gasteiger partial charge in [0.05, 0.1) is 12.2 Å². The van der Waals surface area contributed by atoms with Gasteiger partial charge in [0, 0.05) is 32.7 Å². The zero-order valence-corrected chi connectivity index (χ0v) is 24.6. The van der Waals surface area contributed by atoms with Crippen LogP contribution in [-0.2, 0) is 27.4 Å². The van der Waals surface area contributed by atoms with Gasteiger partial charge in [-0.1, -0.05) is 29.8 Å². The third-order valence-corrected chi connectivity index (χ3v) is 5.98. The number of hydrogen-bond acceptors (Lipinski definition) is 7. The van der Waals surface area contributed by atoms with E-state index in [1.165, 1.54) is 0 Å². The molecule has 210 valence electrons. The first kappa shape index (κ1) is 29.9. The van der Waals surface area contributed by atoms with Crippen molar-refractivity contribution in [2.24, 2.45) is 0 Å². The van der Waals surface area contributed by atoms with Crippen molar-refractivity contribution in [1.29, 1.82) is 0 Å². The number of oxazole rings is 1. The highest BCUT2D eigenvalue weighted by molar-refractivity contribution is 5.79. The van der Waals surface area contributed by atoms with E-state index in [2.05, 4.69) is 0 Å². The minimum atomic E-state index is -1.14. The Hall–Kier alpha value is -3.65. The van der Waals surface area contributed by atoms with Crippen molar-refractivity contribution in [1.82, 2.24) is 14.8 Å². The SMILES string of the molecule is Cc1cccc(-c2nc(CN(CC(=O)N(C)C)Cc3ccc(OC(C)(C)C(=O)OC(C)(C)C)cc3)c(C)o2)c1. The van der Waals surface area contributed by atoms with Gasteiger partial charge in [-0.3, -0.25) is 9.69 Å². The molecule has 3 rings (SSSR count). The van der Waals surface area contributed by atoms with E-state index in [1.54, 1.807) is 32.8 Å². The predicted octanol–water partition coefficient (Wildman–Crippen LogP) is 5.55. The number of rotatable bonds is 10. The molecule has 8 heteroatoms. The van der Waals surface area contributed by atoms with E-state index in [-0.39, 0.29) is 12.5 Å². The minimum absolute atomic E-state index is 0.00545. The van der Waals surface area contributed by atoms with Gasteiger partial charge in [0.25, 0.3) is 0 Å². The molecule has 0 unspecified atom stereocenters. The van der Waals surface area contributed by atoms with Crippen molar-refractivity contribution in [3.63, 3.8) is 0 Å². The van der Waals surface area contributed by atoms with Crippen LogP contribution in [0.1, 0.15) is 57.2 Å². The second kappa shape index (κ2) is 12.0.